The predicted molar refractivity (Wildman–Crippen MR) is 163 cm³/mol. The number of hydrogen-bond acceptors (Lipinski definition) is 7. The highest BCUT2D eigenvalue weighted by Gasteiger charge is 2.26. The summed E-state index contributed by atoms with van der Waals surface area (Å²) in [4.78, 5) is 44.8. The lowest BCUT2D eigenvalue weighted by Crippen LogP contribution is -2.55. The Morgan fingerprint density at radius 3 is 1.98 bits per heavy atom. The van der Waals surface area contributed by atoms with E-state index in [1.807, 2.05) is 74.5 Å². The second-order valence-electron chi connectivity index (χ2n) is 10.4. The van der Waals surface area contributed by atoms with Crippen molar-refractivity contribution >= 4 is 29.4 Å². The highest BCUT2D eigenvalue weighted by atomic mass is 32.1. The molecule has 1 aromatic heterocycles. The van der Waals surface area contributed by atoms with Crippen LogP contribution in [0, 0.1) is 0 Å². The Balaban J connectivity index is 1.69. The lowest BCUT2D eigenvalue weighted by molar-refractivity contribution is -0.124. The Hall–Kier alpha value is -3.96. The van der Waals surface area contributed by atoms with Crippen molar-refractivity contribution in [1.29, 1.82) is 0 Å². The van der Waals surface area contributed by atoms with Gasteiger partial charge in [0.1, 0.15) is 12.6 Å². The molecule has 42 heavy (non-hydrogen) atoms. The molecule has 3 atom stereocenters. The third-order valence-corrected chi connectivity index (χ3v) is 7.66. The van der Waals surface area contributed by atoms with E-state index in [1.54, 1.807) is 18.8 Å². The summed E-state index contributed by atoms with van der Waals surface area (Å²) in [6.07, 6.45) is 3.35. The fourth-order valence-electron chi connectivity index (χ4n) is 4.29. The van der Waals surface area contributed by atoms with E-state index >= 15 is 0 Å². The maximum Gasteiger partial charge on any atom is 0.407 e. The smallest absolute Gasteiger partial charge is 0.407 e. The molecule has 0 saturated heterocycles. The molecule has 0 radical (unpaired) electrons. The SMILES string of the molecule is CC(C)N(C)C(=O)N[C@@H](CO)C(=O)N[C@H](CC[C@H](Cc1ccccc1)NC(=O)OCc1cncs1)Cc1ccccc1. The van der Waals surface area contributed by atoms with Crippen LogP contribution in [0.2, 0.25) is 0 Å². The first-order valence-corrected chi connectivity index (χ1v) is 15.0. The summed E-state index contributed by atoms with van der Waals surface area (Å²) < 4.78 is 5.42. The number of hydrogen-bond donors (Lipinski definition) is 4. The van der Waals surface area contributed by atoms with Gasteiger partial charge in [0.2, 0.25) is 5.91 Å². The van der Waals surface area contributed by atoms with Crippen molar-refractivity contribution in [2.45, 2.75) is 70.3 Å². The van der Waals surface area contributed by atoms with E-state index in [2.05, 4.69) is 20.9 Å². The molecule has 0 aliphatic carbocycles. The van der Waals surface area contributed by atoms with Crippen molar-refractivity contribution in [3.05, 3.63) is 88.4 Å². The number of nitrogens with zero attached hydrogens (tertiary/aromatic N) is 2. The number of thiazole rings is 1. The average Bonchev–Trinajstić information content (AvgIpc) is 3.51. The monoisotopic (exact) mass is 595 g/mol. The molecule has 0 saturated carbocycles. The Bertz CT molecular complexity index is 1230. The zero-order chi connectivity index (χ0) is 30.3. The van der Waals surface area contributed by atoms with Gasteiger partial charge in [0, 0.05) is 31.4 Å². The first-order chi connectivity index (χ1) is 20.2. The number of aromatic nitrogens is 1. The van der Waals surface area contributed by atoms with Crippen LogP contribution in [0.3, 0.4) is 0 Å². The summed E-state index contributed by atoms with van der Waals surface area (Å²) in [7, 11) is 1.63. The molecule has 1 heterocycles. The summed E-state index contributed by atoms with van der Waals surface area (Å²) in [5.41, 5.74) is 3.78. The summed E-state index contributed by atoms with van der Waals surface area (Å²) in [6, 6.07) is 17.4. The van der Waals surface area contributed by atoms with E-state index in [4.69, 9.17) is 4.74 Å². The minimum Gasteiger partial charge on any atom is -0.444 e. The van der Waals surface area contributed by atoms with E-state index in [1.165, 1.54) is 16.2 Å². The van der Waals surface area contributed by atoms with Gasteiger partial charge in [-0.05, 0) is 50.7 Å². The number of aliphatic hydroxyl groups is 1. The van der Waals surface area contributed by atoms with Crippen molar-refractivity contribution in [2.24, 2.45) is 0 Å². The van der Waals surface area contributed by atoms with Crippen molar-refractivity contribution in [3.63, 3.8) is 0 Å². The quantitative estimate of drug-likeness (QED) is 0.211. The predicted octanol–water partition coefficient (Wildman–Crippen LogP) is 3.90. The number of carbonyl (C=O) groups is 3. The number of ether oxygens (including phenoxy) is 1. The van der Waals surface area contributed by atoms with Crippen LogP contribution in [0.4, 0.5) is 9.59 Å². The number of rotatable bonds is 15. The molecule has 0 aliphatic rings. The van der Waals surface area contributed by atoms with Gasteiger partial charge < -0.3 is 30.7 Å². The first kappa shape index (κ1) is 32.6. The van der Waals surface area contributed by atoms with Gasteiger partial charge in [-0.1, -0.05) is 60.7 Å². The fourth-order valence-corrected chi connectivity index (χ4v) is 4.80. The van der Waals surface area contributed by atoms with Crippen molar-refractivity contribution in [2.75, 3.05) is 13.7 Å². The molecule has 0 bridgehead atoms. The molecule has 4 amide bonds. The van der Waals surface area contributed by atoms with Crippen molar-refractivity contribution in [3.8, 4) is 0 Å². The van der Waals surface area contributed by atoms with Crippen LogP contribution in [-0.4, -0.2) is 70.8 Å². The molecule has 2 aromatic carbocycles. The van der Waals surface area contributed by atoms with Gasteiger partial charge >= 0.3 is 12.1 Å². The Morgan fingerprint density at radius 2 is 1.48 bits per heavy atom. The minimum atomic E-state index is -1.10. The Kier molecular flexibility index (Phi) is 13.3. The maximum atomic E-state index is 13.2. The number of benzene rings is 2. The Morgan fingerprint density at radius 1 is 0.905 bits per heavy atom. The molecule has 3 aromatic rings. The molecule has 0 fully saturated rings. The van der Waals surface area contributed by atoms with Crippen LogP contribution >= 0.6 is 11.3 Å². The molecular formula is C31H41N5O5S. The molecule has 10 nitrogen and oxygen atoms in total. The van der Waals surface area contributed by atoms with E-state index in [0.29, 0.717) is 25.7 Å². The van der Waals surface area contributed by atoms with Gasteiger partial charge in [-0.3, -0.25) is 9.78 Å². The number of alkyl carbamates (subject to hydrolysis) is 1. The maximum absolute atomic E-state index is 13.2. The van der Waals surface area contributed by atoms with Gasteiger partial charge in [0.15, 0.2) is 0 Å². The van der Waals surface area contributed by atoms with Gasteiger partial charge in [0.05, 0.1) is 17.0 Å². The van der Waals surface area contributed by atoms with Crippen LogP contribution in [0.15, 0.2) is 72.4 Å². The van der Waals surface area contributed by atoms with Crippen LogP contribution in [0.5, 0.6) is 0 Å². The van der Waals surface area contributed by atoms with Crippen LogP contribution in [-0.2, 0) is 29.0 Å². The number of amides is 4. The molecule has 4 N–H and O–H groups in total. The zero-order valence-corrected chi connectivity index (χ0v) is 25.2. The van der Waals surface area contributed by atoms with Crippen LogP contribution in [0.1, 0.15) is 42.7 Å². The van der Waals surface area contributed by atoms with Crippen molar-refractivity contribution < 1.29 is 24.2 Å². The van der Waals surface area contributed by atoms with Gasteiger partial charge in [-0.15, -0.1) is 11.3 Å². The van der Waals surface area contributed by atoms with E-state index in [9.17, 15) is 19.5 Å². The molecule has 3 rings (SSSR count). The van der Waals surface area contributed by atoms with Crippen molar-refractivity contribution in [1.82, 2.24) is 25.8 Å². The summed E-state index contributed by atoms with van der Waals surface area (Å²) >= 11 is 1.41. The second kappa shape index (κ2) is 17.1. The van der Waals surface area contributed by atoms with Gasteiger partial charge in [-0.2, -0.15) is 0 Å². The largest absolute Gasteiger partial charge is 0.444 e. The third kappa shape index (κ3) is 11.1. The van der Waals surface area contributed by atoms with E-state index in [0.717, 1.165) is 16.0 Å². The standard InChI is InChI=1S/C31H41N5O5S/c1-22(2)36(3)30(39)35-28(19-37)29(38)33-25(16-23-10-6-4-7-11-23)14-15-26(17-24-12-8-5-9-13-24)34-31(40)41-20-27-18-32-21-42-27/h4-13,18,21-22,25-26,28,37H,14-17,19-20H2,1-3H3,(H,33,38)(H,34,40)(H,35,39)/t25-,26-,28+/m1/s1. The van der Waals surface area contributed by atoms with E-state index in [-0.39, 0.29) is 24.7 Å². The Labute approximate surface area is 251 Å². The molecule has 226 valence electrons. The molecular weight excluding hydrogens is 554 g/mol. The molecule has 0 unspecified atom stereocenters. The van der Waals surface area contributed by atoms with Crippen LogP contribution in [0.25, 0.3) is 0 Å². The highest BCUT2D eigenvalue weighted by molar-refractivity contribution is 7.09. The molecule has 0 spiro atoms. The second-order valence-corrected chi connectivity index (χ2v) is 11.4. The topological polar surface area (TPSA) is 133 Å². The molecule has 11 heteroatoms. The minimum absolute atomic E-state index is 0.0686. The third-order valence-electron chi connectivity index (χ3n) is 6.90. The average molecular weight is 596 g/mol. The first-order valence-electron chi connectivity index (χ1n) is 14.1. The van der Waals surface area contributed by atoms with E-state index < -0.39 is 30.7 Å². The summed E-state index contributed by atoms with van der Waals surface area (Å²) in [5, 5.41) is 18.5. The normalized spacial score (nSPS) is 13.1. The number of carbonyl (C=O) groups excluding carboxylic acids is 3. The fraction of sp³-hybridized carbons (Fsp3) is 0.419. The summed E-state index contributed by atoms with van der Waals surface area (Å²) in [6.45, 7) is 3.32. The highest BCUT2D eigenvalue weighted by Crippen LogP contribution is 2.14. The van der Waals surface area contributed by atoms with Crippen LogP contribution < -0.4 is 16.0 Å². The number of nitrogens with one attached hydrogen (secondary N) is 3. The lowest BCUT2D eigenvalue weighted by atomic mass is 9.96. The van der Waals surface area contributed by atoms with Gasteiger partial charge in [-0.25, -0.2) is 9.59 Å². The molecule has 0 aliphatic heterocycles. The van der Waals surface area contributed by atoms with Gasteiger partial charge in [0.25, 0.3) is 0 Å². The lowest BCUT2D eigenvalue weighted by Gasteiger charge is -2.27. The summed E-state index contributed by atoms with van der Waals surface area (Å²) in [5.74, 6) is -0.472. The zero-order valence-electron chi connectivity index (χ0n) is 24.4. The number of urea groups is 1. The number of aliphatic hydroxyl groups excluding tert-OH is 1.